The van der Waals surface area contributed by atoms with E-state index in [4.69, 9.17) is 4.74 Å². The van der Waals surface area contributed by atoms with Gasteiger partial charge in [-0.1, -0.05) is 26.2 Å². The van der Waals surface area contributed by atoms with Crippen LogP contribution in [0.4, 0.5) is 4.39 Å². The Morgan fingerprint density at radius 2 is 2.00 bits per heavy atom. The zero-order valence-corrected chi connectivity index (χ0v) is 11.3. The predicted molar refractivity (Wildman–Crippen MR) is 72.7 cm³/mol. The summed E-state index contributed by atoms with van der Waals surface area (Å²) < 4.78 is 18.7. The molecule has 0 radical (unpaired) electrons. The summed E-state index contributed by atoms with van der Waals surface area (Å²) in [6.45, 7) is 2.15. The highest BCUT2D eigenvalue weighted by molar-refractivity contribution is 7.77. The topological polar surface area (TPSA) is 26.3 Å². The number of ether oxygens (including phenoxy) is 1. The molecule has 100 valence electrons. The molecule has 18 heavy (non-hydrogen) atoms. The van der Waals surface area contributed by atoms with Crippen molar-refractivity contribution in [3.8, 4) is 5.75 Å². The van der Waals surface area contributed by atoms with Crippen molar-refractivity contribution in [1.82, 2.24) is 0 Å². The number of unbranched alkanes of at least 4 members (excludes halogenated alkanes) is 2. The van der Waals surface area contributed by atoms with Crippen LogP contribution in [0.15, 0.2) is 24.3 Å². The lowest BCUT2D eigenvalue weighted by Crippen LogP contribution is -2.12. The van der Waals surface area contributed by atoms with Crippen LogP contribution in [0, 0.1) is 0 Å². The van der Waals surface area contributed by atoms with Crippen LogP contribution in [0.25, 0.3) is 0 Å². The Kier molecular flexibility index (Phi) is 6.65. The summed E-state index contributed by atoms with van der Waals surface area (Å²) in [4.78, 5) is 10.9. The SMILES string of the molecule is CCCCCC(F)COc1ccc(C(=O)[S-])cc1. The number of halogens is 1. The third-order valence-electron chi connectivity index (χ3n) is 2.64. The first-order chi connectivity index (χ1) is 8.63. The number of hydrogen-bond acceptors (Lipinski definition) is 3. The highest BCUT2D eigenvalue weighted by Crippen LogP contribution is 2.14. The van der Waals surface area contributed by atoms with E-state index in [-0.39, 0.29) is 6.61 Å². The Morgan fingerprint density at radius 1 is 1.33 bits per heavy atom. The van der Waals surface area contributed by atoms with E-state index >= 15 is 0 Å². The zero-order chi connectivity index (χ0) is 13.4. The monoisotopic (exact) mass is 269 g/mol. The summed E-state index contributed by atoms with van der Waals surface area (Å²) in [5.41, 5.74) is 0.456. The first-order valence-corrected chi connectivity index (χ1v) is 6.62. The normalized spacial score (nSPS) is 12.1. The van der Waals surface area contributed by atoms with Gasteiger partial charge in [-0.25, -0.2) is 4.39 Å². The minimum absolute atomic E-state index is 0.0604. The van der Waals surface area contributed by atoms with Crippen molar-refractivity contribution < 1.29 is 13.9 Å². The molecule has 1 aromatic rings. The van der Waals surface area contributed by atoms with Crippen LogP contribution >= 0.6 is 0 Å². The lowest BCUT2D eigenvalue weighted by Gasteiger charge is -2.11. The molecule has 0 saturated heterocycles. The number of benzene rings is 1. The third-order valence-corrected chi connectivity index (χ3v) is 2.88. The number of rotatable bonds is 8. The Labute approximate surface area is 113 Å². The van der Waals surface area contributed by atoms with Crippen molar-refractivity contribution in [3.05, 3.63) is 29.8 Å². The molecule has 0 N–H and O–H groups in total. The van der Waals surface area contributed by atoms with Crippen LogP contribution < -0.4 is 4.74 Å². The van der Waals surface area contributed by atoms with Gasteiger partial charge in [0.2, 0.25) is 0 Å². The van der Waals surface area contributed by atoms with E-state index in [1.165, 1.54) is 0 Å². The fourth-order valence-electron chi connectivity index (χ4n) is 1.57. The van der Waals surface area contributed by atoms with E-state index in [1.54, 1.807) is 24.3 Å². The molecule has 0 aromatic heterocycles. The second-order valence-electron chi connectivity index (χ2n) is 4.22. The van der Waals surface area contributed by atoms with Crippen molar-refractivity contribution in [2.24, 2.45) is 0 Å². The van der Waals surface area contributed by atoms with Crippen LogP contribution in [0.3, 0.4) is 0 Å². The van der Waals surface area contributed by atoms with Gasteiger partial charge < -0.3 is 22.2 Å². The van der Waals surface area contributed by atoms with Crippen LogP contribution in [0.1, 0.15) is 43.0 Å². The predicted octanol–water partition coefficient (Wildman–Crippen LogP) is 3.67. The maximum Gasteiger partial charge on any atom is 0.134 e. The molecule has 0 aliphatic heterocycles. The summed E-state index contributed by atoms with van der Waals surface area (Å²) in [6.07, 6.45) is 2.64. The molecular weight excluding hydrogens is 251 g/mol. The molecule has 1 aromatic carbocycles. The lowest BCUT2D eigenvalue weighted by atomic mass is 10.1. The number of alkyl halides is 1. The molecule has 1 unspecified atom stereocenters. The molecule has 1 atom stereocenters. The fourth-order valence-corrected chi connectivity index (χ4v) is 1.71. The molecule has 0 amide bonds. The van der Waals surface area contributed by atoms with Gasteiger partial charge in [-0.05, 0) is 36.2 Å². The Hall–Kier alpha value is -1.16. The van der Waals surface area contributed by atoms with Crippen LogP contribution in [0.5, 0.6) is 5.75 Å². The quantitative estimate of drug-likeness (QED) is 0.532. The standard InChI is InChI=1S/C14H19FO2S/c1-2-3-4-5-12(15)10-17-13-8-6-11(7-9-13)14(16)18/h6-9,12H,2-5,10H2,1H3,(H,16,18)/p-1. The second kappa shape index (κ2) is 8.03. The molecule has 0 aliphatic carbocycles. The highest BCUT2D eigenvalue weighted by Gasteiger charge is 2.07. The number of carbonyl (C=O) groups excluding carboxylic acids is 1. The first kappa shape index (κ1) is 14.9. The summed E-state index contributed by atoms with van der Waals surface area (Å²) in [5.74, 6) is 0.563. The zero-order valence-electron chi connectivity index (χ0n) is 10.5. The molecule has 0 aliphatic rings. The van der Waals surface area contributed by atoms with Crippen molar-refractivity contribution in [2.75, 3.05) is 6.61 Å². The van der Waals surface area contributed by atoms with Crippen LogP contribution in [-0.2, 0) is 12.6 Å². The fraction of sp³-hybridized carbons (Fsp3) is 0.500. The molecule has 0 bridgehead atoms. The van der Waals surface area contributed by atoms with Crippen molar-refractivity contribution in [3.63, 3.8) is 0 Å². The average molecular weight is 269 g/mol. The van der Waals surface area contributed by atoms with Crippen molar-refractivity contribution in [2.45, 2.75) is 38.8 Å². The number of carbonyl (C=O) groups is 1. The summed E-state index contributed by atoms with van der Waals surface area (Å²) >= 11 is 4.51. The largest absolute Gasteiger partial charge is 0.737 e. The lowest BCUT2D eigenvalue weighted by molar-refractivity contribution is 0.109. The molecule has 2 nitrogen and oxygen atoms in total. The van der Waals surface area contributed by atoms with Gasteiger partial charge in [0, 0.05) is 5.12 Å². The average Bonchev–Trinajstić information content (AvgIpc) is 2.37. The maximum absolute atomic E-state index is 13.4. The highest BCUT2D eigenvalue weighted by atomic mass is 32.1. The van der Waals surface area contributed by atoms with Crippen molar-refractivity contribution >= 4 is 17.7 Å². The summed E-state index contributed by atoms with van der Waals surface area (Å²) in [5, 5.41) is -0.399. The Bertz CT molecular complexity index is 365. The van der Waals surface area contributed by atoms with E-state index in [1.807, 2.05) is 0 Å². The van der Waals surface area contributed by atoms with E-state index in [0.29, 0.717) is 17.7 Å². The molecule has 0 saturated carbocycles. The van der Waals surface area contributed by atoms with Crippen LogP contribution in [-0.4, -0.2) is 17.9 Å². The molecule has 0 spiro atoms. The Balaban J connectivity index is 2.32. The molecule has 4 heteroatoms. The van der Waals surface area contributed by atoms with Gasteiger partial charge in [-0.2, -0.15) is 0 Å². The molecule has 1 rings (SSSR count). The van der Waals surface area contributed by atoms with Crippen LogP contribution in [0.2, 0.25) is 0 Å². The first-order valence-electron chi connectivity index (χ1n) is 6.21. The smallest absolute Gasteiger partial charge is 0.134 e. The van der Waals surface area contributed by atoms with E-state index < -0.39 is 11.3 Å². The maximum atomic E-state index is 13.4. The number of hydrogen-bond donors (Lipinski definition) is 0. The minimum atomic E-state index is -0.934. The third kappa shape index (κ3) is 5.45. The van der Waals surface area contributed by atoms with E-state index in [2.05, 4.69) is 19.6 Å². The van der Waals surface area contributed by atoms with Gasteiger partial charge in [0.05, 0.1) is 0 Å². The van der Waals surface area contributed by atoms with Gasteiger partial charge in [-0.15, -0.1) is 0 Å². The van der Waals surface area contributed by atoms with E-state index in [0.717, 1.165) is 19.3 Å². The molecule has 0 heterocycles. The minimum Gasteiger partial charge on any atom is -0.737 e. The molecule has 0 fully saturated rings. The van der Waals surface area contributed by atoms with Gasteiger partial charge >= 0.3 is 0 Å². The van der Waals surface area contributed by atoms with E-state index in [9.17, 15) is 9.18 Å². The second-order valence-corrected chi connectivity index (χ2v) is 4.59. The molecular formula is C14H18FO2S-. The Morgan fingerprint density at radius 3 is 2.56 bits per heavy atom. The van der Waals surface area contributed by atoms with Gasteiger partial charge in [-0.3, -0.25) is 0 Å². The van der Waals surface area contributed by atoms with Gasteiger partial charge in [0.1, 0.15) is 18.5 Å². The summed E-state index contributed by atoms with van der Waals surface area (Å²) in [7, 11) is 0. The van der Waals surface area contributed by atoms with Gasteiger partial charge in [0.15, 0.2) is 0 Å². The van der Waals surface area contributed by atoms with Gasteiger partial charge in [0.25, 0.3) is 0 Å². The van der Waals surface area contributed by atoms with Crippen molar-refractivity contribution in [1.29, 1.82) is 0 Å². The summed E-state index contributed by atoms with van der Waals surface area (Å²) in [6, 6.07) is 6.46.